The first-order chi connectivity index (χ1) is 13.6. The predicted molar refractivity (Wildman–Crippen MR) is 107 cm³/mol. The third kappa shape index (κ3) is 4.46. The molecule has 6 nitrogen and oxygen atoms in total. The first kappa shape index (κ1) is 19.4. The fourth-order valence-corrected chi connectivity index (χ4v) is 2.80. The Labute approximate surface area is 164 Å². The summed E-state index contributed by atoms with van der Waals surface area (Å²) < 4.78 is 6.88. The number of carbonyl (C=O) groups excluding carboxylic acids is 2. The van der Waals surface area contributed by atoms with Gasteiger partial charge in [-0.3, -0.25) is 4.79 Å². The van der Waals surface area contributed by atoms with Gasteiger partial charge in [-0.1, -0.05) is 49.4 Å². The zero-order valence-corrected chi connectivity index (χ0v) is 16.0. The summed E-state index contributed by atoms with van der Waals surface area (Å²) in [7, 11) is 0. The maximum absolute atomic E-state index is 12.7. The molecule has 6 heteroatoms. The Bertz CT molecular complexity index is 964. The number of rotatable bonds is 7. The maximum atomic E-state index is 12.7. The van der Waals surface area contributed by atoms with Crippen LogP contribution >= 0.6 is 0 Å². The zero-order valence-electron chi connectivity index (χ0n) is 16.0. The lowest BCUT2D eigenvalue weighted by Crippen LogP contribution is -2.29. The molecule has 2 aromatic carbocycles. The minimum absolute atomic E-state index is 0.317. The van der Waals surface area contributed by atoms with Gasteiger partial charge in [-0.25, -0.2) is 9.48 Å². The lowest BCUT2D eigenvalue weighted by atomic mass is 10.0. The van der Waals surface area contributed by atoms with Crippen LogP contribution in [0.25, 0.3) is 16.9 Å². The monoisotopic (exact) mass is 377 g/mol. The molecular formula is C22H23N3O3. The van der Waals surface area contributed by atoms with Crippen LogP contribution in [-0.2, 0) is 9.53 Å². The number of nitrogens with one attached hydrogen (secondary N) is 1. The molecule has 0 aliphatic carbocycles. The molecule has 0 saturated heterocycles. The Hall–Kier alpha value is -3.41. The molecule has 3 rings (SSSR count). The maximum Gasteiger partial charge on any atom is 0.342 e. The van der Waals surface area contributed by atoms with Crippen LogP contribution < -0.4 is 5.32 Å². The third-order valence-corrected chi connectivity index (χ3v) is 4.26. The molecule has 144 valence electrons. The molecule has 1 aromatic heterocycles. The van der Waals surface area contributed by atoms with Crippen LogP contribution in [0, 0.1) is 6.92 Å². The Kier molecular flexibility index (Phi) is 6.22. The third-order valence-electron chi connectivity index (χ3n) is 4.26. The van der Waals surface area contributed by atoms with Gasteiger partial charge in [-0.2, -0.15) is 5.10 Å². The summed E-state index contributed by atoms with van der Waals surface area (Å²) in [5.74, 6) is -0.893. The lowest BCUT2D eigenvalue weighted by Gasteiger charge is -2.07. The normalized spacial score (nSPS) is 10.5. The number of nitrogens with zero attached hydrogens (tertiary/aromatic N) is 2. The minimum atomic E-state index is -0.577. The first-order valence-corrected chi connectivity index (χ1v) is 9.25. The molecule has 1 heterocycles. The quantitative estimate of drug-likeness (QED) is 0.639. The average Bonchev–Trinajstić information content (AvgIpc) is 3.16. The van der Waals surface area contributed by atoms with Gasteiger partial charge >= 0.3 is 5.97 Å². The van der Waals surface area contributed by atoms with E-state index in [2.05, 4.69) is 10.4 Å². The second-order valence-corrected chi connectivity index (χ2v) is 6.41. The number of para-hydroxylation sites is 1. The van der Waals surface area contributed by atoms with Crippen LogP contribution in [0.4, 0.5) is 0 Å². The second kappa shape index (κ2) is 8.99. The fourth-order valence-electron chi connectivity index (χ4n) is 2.80. The van der Waals surface area contributed by atoms with Gasteiger partial charge in [0.15, 0.2) is 6.61 Å². The van der Waals surface area contributed by atoms with Crippen LogP contribution in [0.5, 0.6) is 0 Å². The molecule has 0 atom stereocenters. The highest BCUT2D eigenvalue weighted by atomic mass is 16.5. The highest BCUT2D eigenvalue weighted by molar-refractivity contribution is 5.97. The Morgan fingerprint density at radius 1 is 1.07 bits per heavy atom. The van der Waals surface area contributed by atoms with Crippen LogP contribution in [0.2, 0.25) is 0 Å². The minimum Gasteiger partial charge on any atom is -0.452 e. The molecule has 0 saturated carbocycles. The van der Waals surface area contributed by atoms with E-state index in [-0.39, 0.29) is 12.5 Å². The van der Waals surface area contributed by atoms with Crippen molar-refractivity contribution in [1.82, 2.24) is 15.1 Å². The first-order valence-electron chi connectivity index (χ1n) is 9.25. The van der Waals surface area contributed by atoms with Gasteiger partial charge in [0.1, 0.15) is 11.3 Å². The summed E-state index contributed by atoms with van der Waals surface area (Å²) in [6.45, 7) is 4.16. The van der Waals surface area contributed by atoms with Crippen LogP contribution in [0.1, 0.15) is 29.3 Å². The van der Waals surface area contributed by atoms with Crippen molar-refractivity contribution in [3.63, 3.8) is 0 Å². The van der Waals surface area contributed by atoms with Gasteiger partial charge in [0.2, 0.25) is 0 Å². The molecule has 0 aliphatic heterocycles. The summed E-state index contributed by atoms with van der Waals surface area (Å²) in [5.41, 5.74) is 3.52. The number of hydrogen-bond acceptors (Lipinski definition) is 4. The lowest BCUT2D eigenvalue weighted by molar-refractivity contribution is -0.124. The van der Waals surface area contributed by atoms with Gasteiger partial charge in [0, 0.05) is 18.3 Å². The number of hydrogen-bond donors (Lipinski definition) is 1. The molecule has 1 amide bonds. The van der Waals surface area contributed by atoms with Crippen molar-refractivity contribution < 1.29 is 14.3 Å². The molecule has 0 unspecified atom stereocenters. The van der Waals surface area contributed by atoms with Gasteiger partial charge < -0.3 is 10.1 Å². The van der Waals surface area contributed by atoms with E-state index in [9.17, 15) is 9.59 Å². The van der Waals surface area contributed by atoms with E-state index >= 15 is 0 Å². The van der Waals surface area contributed by atoms with Gasteiger partial charge in [0.25, 0.3) is 5.91 Å². The highest BCUT2D eigenvalue weighted by Crippen LogP contribution is 2.27. The molecule has 0 spiro atoms. The van der Waals surface area contributed by atoms with E-state index in [4.69, 9.17) is 4.74 Å². The van der Waals surface area contributed by atoms with E-state index in [0.29, 0.717) is 17.8 Å². The van der Waals surface area contributed by atoms with Crippen molar-refractivity contribution in [3.8, 4) is 16.9 Å². The molecule has 28 heavy (non-hydrogen) atoms. The van der Waals surface area contributed by atoms with E-state index in [1.54, 1.807) is 10.9 Å². The largest absolute Gasteiger partial charge is 0.452 e. The van der Waals surface area contributed by atoms with Crippen molar-refractivity contribution in [2.75, 3.05) is 13.2 Å². The zero-order chi connectivity index (χ0) is 19.9. The Balaban J connectivity index is 1.92. The van der Waals surface area contributed by atoms with E-state index in [1.807, 2.05) is 68.4 Å². The summed E-state index contributed by atoms with van der Waals surface area (Å²) in [4.78, 5) is 24.5. The van der Waals surface area contributed by atoms with E-state index < -0.39 is 5.97 Å². The topological polar surface area (TPSA) is 73.2 Å². The van der Waals surface area contributed by atoms with Crippen molar-refractivity contribution >= 4 is 11.9 Å². The van der Waals surface area contributed by atoms with E-state index in [1.165, 1.54) is 0 Å². The molecule has 0 fully saturated rings. The predicted octanol–water partition coefficient (Wildman–Crippen LogP) is 3.53. The number of ether oxygens (including phenoxy) is 1. The van der Waals surface area contributed by atoms with Crippen molar-refractivity contribution in [2.24, 2.45) is 0 Å². The smallest absolute Gasteiger partial charge is 0.342 e. The van der Waals surface area contributed by atoms with Crippen LogP contribution in [-0.4, -0.2) is 34.8 Å². The summed E-state index contributed by atoms with van der Waals surface area (Å²) in [6.07, 6.45) is 2.46. The molecule has 0 bridgehead atoms. The molecular weight excluding hydrogens is 354 g/mol. The number of amides is 1. The average molecular weight is 377 g/mol. The number of aryl methyl sites for hydroxylation is 1. The number of benzene rings is 2. The van der Waals surface area contributed by atoms with Gasteiger partial charge in [0.05, 0.1) is 5.69 Å². The SMILES string of the molecule is CCCNC(=O)COC(=O)c1cn(-c2ccccc2)nc1-c1ccccc1C. The van der Waals surface area contributed by atoms with E-state index in [0.717, 1.165) is 23.2 Å². The van der Waals surface area contributed by atoms with Crippen molar-refractivity contribution in [1.29, 1.82) is 0 Å². The van der Waals surface area contributed by atoms with Crippen molar-refractivity contribution in [2.45, 2.75) is 20.3 Å². The molecule has 3 aromatic rings. The summed E-state index contributed by atoms with van der Waals surface area (Å²) in [6, 6.07) is 17.2. The second-order valence-electron chi connectivity index (χ2n) is 6.41. The fraction of sp³-hybridized carbons (Fsp3) is 0.227. The number of carbonyl (C=O) groups is 2. The Morgan fingerprint density at radius 3 is 2.50 bits per heavy atom. The number of esters is 1. The highest BCUT2D eigenvalue weighted by Gasteiger charge is 2.21. The molecule has 0 aliphatic rings. The van der Waals surface area contributed by atoms with Crippen LogP contribution in [0.3, 0.4) is 0 Å². The summed E-state index contributed by atoms with van der Waals surface area (Å²) in [5, 5.41) is 7.31. The Morgan fingerprint density at radius 2 is 1.79 bits per heavy atom. The molecule has 1 N–H and O–H groups in total. The van der Waals surface area contributed by atoms with Gasteiger partial charge in [-0.05, 0) is 31.0 Å². The van der Waals surface area contributed by atoms with Gasteiger partial charge in [-0.15, -0.1) is 0 Å². The standard InChI is InChI=1S/C22H23N3O3/c1-3-13-23-20(26)15-28-22(27)19-14-25(17-10-5-4-6-11-17)24-21(19)18-12-8-7-9-16(18)2/h4-12,14H,3,13,15H2,1-2H3,(H,23,26). The number of aromatic nitrogens is 2. The summed E-state index contributed by atoms with van der Waals surface area (Å²) >= 11 is 0. The molecule has 0 radical (unpaired) electrons. The van der Waals surface area contributed by atoms with Crippen LogP contribution in [0.15, 0.2) is 60.8 Å². The van der Waals surface area contributed by atoms with Crippen molar-refractivity contribution in [3.05, 3.63) is 71.9 Å².